The quantitative estimate of drug-likeness (QED) is 0.263. The third kappa shape index (κ3) is 5.83. The van der Waals surface area contributed by atoms with Gasteiger partial charge in [-0.15, -0.1) is 0 Å². The molecular formula is C17H16Cl5NO4. The molecule has 0 aliphatic carbocycles. The molecule has 0 atom stereocenters. The summed E-state index contributed by atoms with van der Waals surface area (Å²) < 4.78 is 16.2. The number of furan rings is 1. The number of halogens is 5. The van der Waals surface area contributed by atoms with Crippen molar-refractivity contribution >= 4 is 63.9 Å². The van der Waals surface area contributed by atoms with Gasteiger partial charge >= 0.3 is 0 Å². The van der Waals surface area contributed by atoms with Gasteiger partial charge in [-0.05, 0) is 25.5 Å². The van der Waals surface area contributed by atoms with E-state index in [1.807, 2.05) is 6.92 Å². The molecule has 0 spiro atoms. The van der Waals surface area contributed by atoms with Gasteiger partial charge in [0.05, 0.1) is 15.1 Å². The Morgan fingerprint density at radius 1 is 1.04 bits per heavy atom. The van der Waals surface area contributed by atoms with Crippen LogP contribution in [0.25, 0.3) is 0 Å². The van der Waals surface area contributed by atoms with Crippen LogP contribution < -0.4 is 10.1 Å². The fourth-order valence-electron chi connectivity index (χ4n) is 2.04. The number of nitrogens with one attached hydrogen (secondary N) is 1. The van der Waals surface area contributed by atoms with Crippen molar-refractivity contribution in [1.82, 2.24) is 5.32 Å². The molecule has 27 heavy (non-hydrogen) atoms. The number of ether oxygens (including phenoxy) is 2. The van der Waals surface area contributed by atoms with Crippen LogP contribution in [0, 0.1) is 0 Å². The minimum Gasteiger partial charge on any atom is -0.482 e. The highest BCUT2D eigenvalue weighted by atomic mass is 35.5. The van der Waals surface area contributed by atoms with E-state index in [4.69, 9.17) is 71.9 Å². The molecule has 0 aliphatic heterocycles. The molecule has 1 aromatic carbocycles. The van der Waals surface area contributed by atoms with E-state index in [1.54, 1.807) is 12.1 Å². The Hall–Kier alpha value is -0.820. The first-order valence-electron chi connectivity index (χ1n) is 7.95. The molecule has 1 heterocycles. The minimum atomic E-state index is -0.327. The van der Waals surface area contributed by atoms with Crippen molar-refractivity contribution in [3.63, 3.8) is 0 Å². The van der Waals surface area contributed by atoms with Gasteiger partial charge < -0.3 is 19.2 Å². The number of benzene rings is 1. The van der Waals surface area contributed by atoms with Crippen molar-refractivity contribution in [1.29, 1.82) is 0 Å². The second kappa shape index (κ2) is 10.6. The van der Waals surface area contributed by atoms with Crippen molar-refractivity contribution in [2.75, 3.05) is 19.8 Å². The molecule has 0 unspecified atom stereocenters. The first-order chi connectivity index (χ1) is 12.9. The van der Waals surface area contributed by atoms with E-state index in [0.717, 1.165) is 0 Å². The molecule has 148 valence electrons. The lowest BCUT2D eigenvalue weighted by Gasteiger charge is -2.12. The zero-order chi connectivity index (χ0) is 20.0. The van der Waals surface area contributed by atoms with Crippen molar-refractivity contribution in [2.24, 2.45) is 0 Å². The van der Waals surface area contributed by atoms with E-state index in [-0.39, 0.29) is 49.1 Å². The van der Waals surface area contributed by atoms with Crippen LogP contribution in [0.4, 0.5) is 0 Å². The Bertz CT molecular complexity index is 780. The Morgan fingerprint density at radius 2 is 1.67 bits per heavy atom. The van der Waals surface area contributed by atoms with Gasteiger partial charge in [-0.25, -0.2) is 0 Å². The maximum Gasteiger partial charge on any atom is 0.286 e. The summed E-state index contributed by atoms with van der Waals surface area (Å²) >= 11 is 30.1. The summed E-state index contributed by atoms with van der Waals surface area (Å²) in [6.07, 6.45) is 0.714. The Labute approximate surface area is 181 Å². The summed E-state index contributed by atoms with van der Waals surface area (Å²) in [5, 5.41) is 2.93. The van der Waals surface area contributed by atoms with Crippen LogP contribution in [0.1, 0.15) is 29.7 Å². The van der Waals surface area contributed by atoms with Gasteiger partial charge in [0.15, 0.2) is 11.5 Å². The Morgan fingerprint density at radius 3 is 2.30 bits per heavy atom. The third-order valence-corrected chi connectivity index (χ3v) is 5.61. The Balaban J connectivity index is 1.96. The molecule has 0 bridgehead atoms. The van der Waals surface area contributed by atoms with E-state index in [9.17, 15) is 4.79 Å². The first kappa shape index (κ1) is 22.5. The molecule has 0 fully saturated rings. The highest BCUT2D eigenvalue weighted by Gasteiger charge is 2.21. The van der Waals surface area contributed by atoms with Crippen LogP contribution in [0.15, 0.2) is 16.5 Å². The van der Waals surface area contributed by atoms with Crippen LogP contribution in [-0.2, 0) is 11.3 Å². The zero-order valence-electron chi connectivity index (χ0n) is 14.2. The normalized spacial score (nSPS) is 10.9. The van der Waals surface area contributed by atoms with Crippen LogP contribution >= 0.6 is 58.0 Å². The average Bonchev–Trinajstić information content (AvgIpc) is 3.13. The van der Waals surface area contributed by atoms with Gasteiger partial charge in [0.25, 0.3) is 5.91 Å². The largest absolute Gasteiger partial charge is 0.482 e. The molecule has 2 aromatic rings. The molecule has 2 rings (SSSR count). The minimum absolute atomic E-state index is 0.0364. The number of carbonyl (C=O) groups is 1. The van der Waals surface area contributed by atoms with Crippen molar-refractivity contribution in [2.45, 2.75) is 20.0 Å². The molecular weight excluding hydrogens is 459 g/mol. The van der Waals surface area contributed by atoms with Crippen LogP contribution in [0.2, 0.25) is 25.1 Å². The fraction of sp³-hybridized carbons (Fsp3) is 0.353. The molecule has 1 aromatic heterocycles. The summed E-state index contributed by atoms with van der Waals surface area (Å²) in [5.41, 5.74) is 0. The van der Waals surface area contributed by atoms with E-state index in [1.165, 1.54) is 0 Å². The monoisotopic (exact) mass is 473 g/mol. The number of rotatable bonds is 9. The molecule has 1 N–H and O–H groups in total. The summed E-state index contributed by atoms with van der Waals surface area (Å²) in [7, 11) is 0. The zero-order valence-corrected chi connectivity index (χ0v) is 18.0. The molecule has 0 radical (unpaired) electrons. The van der Waals surface area contributed by atoms with Crippen molar-refractivity contribution in [3.8, 4) is 5.75 Å². The molecule has 5 nitrogen and oxygen atoms in total. The predicted molar refractivity (Wildman–Crippen MR) is 108 cm³/mol. The maximum absolute atomic E-state index is 12.0. The summed E-state index contributed by atoms with van der Waals surface area (Å²) in [5.74, 6) is 0.306. The highest BCUT2D eigenvalue weighted by Crippen LogP contribution is 2.48. The lowest BCUT2D eigenvalue weighted by atomic mass is 10.3. The number of hydrogen-bond donors (Lipinski definition) is 1. The van der Waals surface area contributed by atoms with E-state index in [2.05, 4.69) is 5.32 Å². The summed E-state index contributed by atoms with van der Waals surface area (Å²) in [4.78, 5) is 12.0. The van der Waals surface area contributed by atoms with Gasteiger partial charge in [0.1, 0.15) is 22.4 Å². The fourth-order valence-corrected chi connectivity index (χ4v) is 3.27. The predicted octanol–water partition coefficient (Wildman–Crippen LogP) is 6.28. The molecule has 1 amide bonds. The summed E-state index contributed by atoms with van der Waals surface area (Å²) in [6.45, 7) is 3.59. The van der Waals surface area contributed by atoms with Gasteiger partial charge in [-0.1, -0.05) is 58.0 Å². The van der Waals surface area contributed by atoms with Crippen LogP contribution in [-0.4, -0.2) is 25.7 Å². The molecule has 10 heteroatoms. The smallest absolute Gasteiger partial charge is 0.286 e. The molecule has 0 aliphatic rings. The van der Waals surface area contributed by atoms with Crippen LogP contribution in [0.5, 0.6) is 5.75 Å². The number of hydrogen-bond acceptors (Lipinski definition) is 4. The summed E-state index contributed by atoms with van der Waals surface area (Å²) in [6, 6.07) is 3.15. The van der Waals surface area contributed by atoms with E-state index in [0.29, 0.717) is 31.9 Å². The van der Waals surface area contributed by atoms with Gasteiger partial charge in [-0.2, -0.15) is 0 Å². The van der Waals surface area contributed by atoms with E-state index < -0.39 is 0 Å². The van der Waals surface area contributed by atoms with Gasteiger partial charge in [0, 0.05) is 19.8 Å². The second-order valence-corrected chi connectivity index (χ2v) is 7.15. The topological polar surface area (TPSA) is 60.7 Å². The average molecular weight is 476 g/mol. The number of amides is 1. The highest BCUT2D eigenvalue weighted by molar-refractivity contribution is 6.55. The van der Waals surface area contributed by atoms with Gasteiger partial charge in [-0.3, -0.25) is 4.79 Å². The Kier molecular flexibility index (Phi) is 8.86. The lowest BCUT2D eigenvalue weighted by molar-refractivity contribution is 0.0913. The molecule has 0 saturated heterocycles. The second-order valence-electron chi connectivity index (χ2n) is 5.26. The van der Waals surface area contributed by atoms with Gasteiger partial charge in [0.2, 0.25) is 0 Å². The number of carbonyl (C=O) groups excluding carboxylic acids is 1. The van der Waals surface area contributed by atoms with Crippen molar-refractivity contribution < 1.29 is 18.7 Å². The lowest BCUT2D eigenvalue weighted by Crippen LogP contribution is -2.24. The standard InChI is InChI=1S/C17H16Cl5NO4/c1-2-25-7-3-6-23-17(24)10-5-4-9(27-10)8-26-16-14(21)12(19)11(18)13(20)15(16)22/h4-5H,2-3,6-8H2,1H3,(H,23,24). The van der Waals surface area contributed by atoms with E-state index >= 15 is 0 Å². The third-order valence-electron chi connectivity index (χ3n) is 3.37. The van der Waals surface area contributed by atoms with Crippen LogP contribution in [0.3, 0.4) is 0 Å². The SMILES string of the molecule is CCOCCCNC(=O)c1ccc(COc2c(Cl)c(Cl)c(Cl)c(Cl)c2Cl)o1. The first-order valence-corrected chi connectivity index (χ1v) is 9.84. The molecule has 0 saturated carbocycles. The maximum atomic E-state index is 12.0. The van der Waals surface area contributed by atoms with Crippen molar-refractivity contribution in [3.05, 3.63) is 48.8 Å².